The van der Waals surface area contributed by atoms with Crippen LogP contribution in [0.25, 0.3) is 0 Å². The Balaban J connectivity index is 1.74. The third kappa shape index (κ3) is 7.17. The molecule has 4 aromatic carbocycles. The van der Waals surface area contributed by atoms with Crippen LogP contribution in [0.5, 0.6) is 0 Å². The van der Waals surface area contributed by atoms with Crippen molar-refractivity contribution < 1.29 is 28.6 Å². The summed E-state index contributed by atoms with van der Waals surface area (Å²) in [6.07, 6.45) is 0.755. The molecule has 0 heterocycles. The fourth-order valence-corrected chi connectivity index (χ4v) is 4.71. The summed E-state index contributed by atoms with van der Waals surface area (Å²) >= 11 is 0. The number of rotatable bonds is 11. The number of aromatic carboxylic acids is 1. The fourth-order valence-electron chi connectivity index (χ4n) is 4.71. The Labute approximate surface area is 225 Å². The molecule has 0 fully saturated rings. The van der Waals surface area contributed by atoms with Gasteiger partial charge < -0.3 is 15.6 Å². The van der Waals surface area contributed by atoms with E-state index in [0.717, 1.165) is 11.1 Å². The molecule has 4 aromatic rings. The Morgan fingerprint density at radius 2 is 1.23 bits per heavy atom. The average Bonchev–Trinajstić information content (AvgIpc) is 2.93. The first-order valence-electron chi connectivity index (χ1n) is 12.4. The molecule has 1 amide bonds. The summed E-state index contributed by atoms with van der Waals surface area (Å²) in [5.74, 6) is -2.54. The average molecular weight is 526 g/mol. The Morgan fingerprint density at radius 3 is 1.87 bits per heavy atom. The maximum absolute atomic E-state index is 14.1. The van der Waals surface area contributed by atoms with E-state index >= 15 is 0 Å². The van der Waals surface area contributed by atoms with Gasteiger partial charge in [0.2, 0.25) is 5.91 Å². The van der Waals surface area contributed by atoms with Crippen LogP contribution in [-0.2, 0) is 35.4 Å². The largest absolute Gasteiger partial charge is 0.478 e. The van der Waals surface area contributed by atoms with Crippen molar-refractivity contribution in [3.05, 3.63) is 142 Å². The number of amides is 1. The van der Waals surface area contributed by atoms with Crippen LogP contribution in [0.15, 0.2) is 103 Å². The van der Waals surface area contributed by atoms with Crippen molar-refractivity contribution in [1.82, 2.24) is 0 Å². The number of esters is 1. The predicted molar refractivity (Wildman–Crippen MR) is 145 cm³/mol. The first-order chi connectivity index (χ1) is 18.7. The molecule has 0 aliphatic rings. The highest BCUT2D eigenvalue weighted by Crippen LogP contribution is 2.35. The number of halogens is 1. The summed E-state index contributed by atoms with van der Waals surface area (Å²) in [6.45, 7) is -0.124. The first-order valence-corrected chi connectivity index (χ1v) is 12.4. The van der Waals surface area contributed by atoms with E-state index in [1.807, 2.05) is 36.4 Å². The topological polar surface area (TPSA) is 107 Å². The Bertz CT molecular complexity index is 1470. The van der Waals surface area contributed by atoms with Crippen molar-refractivity contribution in [2.45, 2.75) is 25.9 Å². The smallest absolute Gasteiger partial charge is 0.335 e. The molecule has 0 spiro atoms. The number of carboxylic acid groups (broad SMARTS) is 1. The lowest BCUT2D eigenvalue weighted by molar-refractivity contribution is -0.157. The van der Waals surface area contributed by atoms with Crippen LogP contribution < -0.4 is 5.73 Å². The minimum Gasteiger partial charge on any atom is -0.478 e. The lowest BCUT2D eigenvalue weighted by atomic mass is 9.72. The van der Waals surface area contributed by atoms with Crippen molar-refractivity contribution in [3.8, 4) is 0 Å². The van der Waals surface area contributed by atoms with Crippen molar-refractivity contribution in [1.29, 1.82) is 0 Å². The van der Waals surface area contributed by atoms with Gasteiger partial charge in [-0.1, -0.05) is 66.7 Å². The predicted octanol–water partition coefficient (Wildman–Crippen LogP) is 5.38. The normalized spacial score (nSPS) is 12.3. The Kier molecular flexibility index (Phi) is 8.51. The summed E-state index contributed by atoms with van der Waals surface area (Å²) in [7, 11) is 0. The molecular formula is C32H28FNO5. The summed E-state index contributed by atoms with van der Waals surface area (Å²) < 4.78 is 19.6. The van der Waals surface area contributed by atoms with E-state index in [-0.39, 0.29) is 30.8 Å². The van der Waals surface area contributed by atoms with Gasteiger partial charge >= 0.3 is 11.9 Å². The molecule has 6 nitrogen and oxygen atoms in total. The van der Waals surface area contributed by atoms with Crippen LogP contribution in [0.4, 0.5) is 4.39 Å². The van der Waals surface area contributed by atoms with Crippen molar-refractivity contribution >= 4 is 17.8 Å². The van der Waals surface area contributed by atoms with Gasteiger partial charge in [-0.15, -0.1) is 0 Å². The van der Waals surface area contributed by atoms with E-state index in [1.165, 1.54) is 24.3 Å². The third-order valence-electron chi connectivity index (χ3n) is 6.57. The third-order valence-corrected chi connectivity index (χ3v) is 6.57. The van der Waals surface area contributed by atoms with Gasteiger partial charge in [0.1, 0.15) is 12.4 Å². The molecule has 1 unspecified atom stereocenters. The lowest BCUT2D eigenvalue weighted by Gasteiger charge is -2.32. The van der Waals surface area contributed by atoms with Crippen LogP contribution in [0.1, 0.15) is 43.0 Å². The molecule has 0 saturated heterocycles. The summed E-state index contributed by atoms with van der Waals surface area (Å²) in [4.78, 5) is 37.3. The van der Waals surface area contributed by atoms with E-state index in [0.29, 0.717) is 23.1 Å². The van der Waals surface area contributed by atoms with E-state index < -0.39 is 23.3 Å². The van der Waals surface area contributed by atoms with Crippen LogP contribution >= 0.6 is 0 Å². The van der Waals surface area contributed by atoms with E-state index in [1.54, 1.807) is 42.5 Å². The van der Waals surface area contributed by atoms with Crippen LogP contribution in [0, 0.1) is 11.2 Å². The van der Waals surface area contributed by atoms with Gasteiger partial charge in [0, 0.05) is 5.56 Å². The second kappa shape index (κ2) is 12.2. The summed E-state index contributed by atoms with van der Waals surface area (Å²) in [5.41, 5.74) is 7.67. The molecule has 39 heavy (non-hydrogen) atoms. The first kappa shape index (κ1) is 27.3. The minimum absolute atomic E-state index is 0.0914. The van der Waals surface area contributed by atoms with Gasteiger partial charge in [0.05, 0.1) is 11.0 Å². The molecule has 198 valence electrons. The molecule has 0 bridgehead atoms. The van der Waals surface area contributed by atoms with Crippen LogP contribution in [0.2, 0.25) is 0 Å². The summed E-state index contributed by atoms with van der Waals surface area (Å²) in [6, 6.07) is 28.5. The second-order valence-corrected chi connectivity index (χ2v) is 9.57. The SMILES string of the molecule is NC(=O)c1cccc(CC(Cc2ccccc2)(Cc2ccc(F)cc2)C(=O)OCc2cccc(C(=O)O)c2)c1. The maximum atomic E-state index is 14.1. The van der Waals surface area contributed by atoms with E-state index in [2.05, 4.69) is 0 Å². The van der Waals surface area contributed by atoms with Gasteiger partial charge in [-0.05, 0) is 77.9 Å². The fraction of sp³-hybridized carbons (Fsp3) is 0.156. The van der Waals surface area contributed by atoms with Crippen molar-refractivity contribution in [2.24, 2.45) is 11.1 Å². The zero-order chi connectivity index (χ0) is 27.8. The monoisotopic (exact) mass is 525 g/mol. The number of carbonyl (C=O) groups is 3. The van der Waals surface area contributed by atoms with E-state index in [9.17, 15) is 23.9 Å². The Morgan fingerprint density at radius 1 is 0.692 bits per heavy atom. The number of hydrogen-bond acceptors (Lipinski definition) is 4. The van der Waals surface area contributed by atoms with Gasteiger partial charge in [-0.2, -0.15) is 0 Å². The highest BCUT2D eigenvalue weighted by atomic mass is 19.1. The van der Waals surface area contributed by atoms with Crippen molar-refractivity contribution in [3.63, 3.8) is 0 Å². The van der Waals surface area contributed by atoms with Gasteiger partial charge in [-0.3, -0.25) is 9.59 Å². The summed E-state index contributed by atoms with van der Waals surface area (Å²) in [5, 5.41) is 9.32. The quantitative estimate of drug-likeness (QED) is 0.256. The number of ether oxygens (including phenoxy) is 1. The van der Waals surface area contributed by atoms with Gasteiger partial charge in [0.25, 0.3) is 0 Å². The van der Waals surface area contributed by atoms with Gasteiger partial charge in [0.15, 0.2) is 0 Å². The zero-order valence-electron chi connectivity index (χ0n) is 21.2. The molecule has 1 atom stereocenters. The molecule has 0 aliphatic heterocycles. The Hall–Kier alpha value is -4.78. The molecule has 0 aliphatic carbocycles. The molecular weight excluding hydrogens is 497 g/mol. The van der Waals surface area contributed by atoms with Crippen LogP contribution in [0.3, 0.4) is 0 Å². The molecule has 0 radical (unpaired) electrons. The molecule has 0 saturated carbocycles. The van der Waals surface area contributed by atoms with E-state index in [4.69, 9.17) is 10.5 Å². The molecule has 3 N–H and O–H groups in total. The van der Waals surface area contributed by atoms with Gasteiger partial charge in [-0.25, -0.2) is 9.18 Å². The van der Waals surface area contributed by atoms with Crippen LogP contribution in [-0.4, -0.2) is 23.0 Å². The maximum Gasteiger partial charge on any atom is 0.335 e. The molecule has 0 aromatic heterocycles. The second-order valence-electron chi connectivity index (χ2n) is 9.57. The number of nitrogens with two attached hydrogens (primary N) is 1. The van der Waals surface area contributed by atoms with Crippen molar-refractivity contribution in [2.75, 3.05) is 0 Å². The molecule has 7 heteroatoms. The number of hydrogen-bond donors (Lipinski definition) is 2. The number of carbonyl (C=O) groups excluding carboxylic acids is 2. The highest BCUT2D eigenvalue weighted by Gasteiger charge is 2.41. The highest BCUT2D eigenvalue weighted by molar-refractivity contribution is 5.93. The number of primary amides is 1. The zero-order valence-corrected chi connectivity index (χ0v) is 21.2. The number of carboxylic acids is 1. The number of benzene rings is 4. The molecule has 4 rings (SSSR count). The standard InChI is InChI=1S/C32H28FNO5/c33-28-14-12-23(13-15-28)19-32(18-22-6-2-1-3-7-22,20-24-8-4-10-26(16-24)29(34)35)31(38)39-21-25-9-5-11-27(17-25)30(36)37/h1-17H,18-21H2,(H2,34,35)(H,36,37). The lowest BCUT2D eigenvalue weighted by Crippen LogP contribution is -2.39. The minimum atomic E-state index is -1.14.